The molecule has 0 spiro atoms. The Hall–Kier alpha value is -1.20. The molecule has 1 amide bonds. The highest BCUT2D eigenvalue weighted by Gasteiger charge is 2.23. The Bertz CT molecular complexity index is 477. The van der Waals surface area contributed by atoms with Crippen LogP contribution in [-0.4, -0.2) is 36.2 Å². The molecule has 0 radical (unpaired) electrons. The standard InChI is InChI=1S/C15H19BrN2O2/c1-18(13-6-8-14(19)9-7-13)10-15(20)17-12-4-2-11(16)3-5-12/h2-5,13H,6-10H2,1H3,(H,17,20). The fourth-order valence-electron chi connectivity index (χ4n) is 2.45. The van der Waals surface area contributed by atoms with E-state index in [2.05, 4.69) is 21.2 Å². The summed E-state index contributed by atoms with van der Waals surface area (Å²) in [5.41, 5.74) is 0.797. The van der Waals surface area contributed by atoms with Crippen molar-refractivity contribution in [3.05, 3.63) is 28.7 Å². The van der Waals surface area contributed by atoms with Gasteiger partial charge in [-0.15, -0.1) is 0 Å². The Morgan fingerprint density at radius 3 is 2.50 bits per heavy atom. The van der Waals surface area contributed by atoms with E-state index in [9.17, 15) is 9.59 Å². The molecular formula is C15H19BrN2O2. The summed E-state index contributed by atoms with van der Waals surface area (Å²) in [5.74, 6) is 0.320. The van der Waals surface area contributed by atoms with Crippen molar-refractivity contribution in [2.24, 2.45) is 0 Å². The Kier molecular flexibility index (Phi) is 5.31. The van der Waals surface area contributed by atoms with E-state index < -0.39 is 0 Å². The monoisotopic (exact) mass is 338 g/mol. The molecule has 1 aromatic carbocycles. The first-order valence-corrected chi connectivity index (χ1v) is 7.61. The van der Waals surface area contributed by atoms with Crippen LogP contribution >= 0.6 is 15.9 Å². The quantitative estimate of drug-likeness (QED) is 0.918. The fourth-order valence-corrected chi connectivity index (χ4v) is 2.72. The molecule has 2 rings (SSSR count). The van der Waals surface area contributed by atoms with Gasteiger partial charge in [0.25, 0.3) is 0 Å². The van der Waals surface area contributed by atoms with E-state index in [1.807, 2.05) is 36.2 Å². The maximum Gasteiger partial charge on any atom is 0.238 e. The van der Waals surface area contributed by atoms with Gasteiger partial charge in [0.15, 0.2) is 0 Å². The van der Waals surface area contributed by atoms with Crippen LogP contribution in [0.3, 0.4) is 0 Å². The van der Waals surface area contributed by atoms with Gasteiger partial charge in [0.2, 0.25) is 5.91 Å². The maximum atomic E-state index is 12.0. The van der Waals surface area contributed by atoms with Crippen molar-refractivity contribution >= 4 is 33.3 Å². The number of hydrogen-bond donors (Lipinski definition) is 1. The third kappa shape index (κ3) is 4.42. The zero-order chi connectivity index (χ0) is 14.5. The number of nitrogens with zero attached hydrogens (tertiary/aromatic N) is 1. The van der Waals surface area contributed by atoms with E-state index in [0.29, 0.717) is 31.2 Å². The first-order valence-electron chi connectivity index (χ1n) is 6.82. The van der Waals surface area contributed by atoms with Gasteiger partial charge in [-0.2, -0.15) is 0 Å². The van der Waals surface area contributed by atoms with Gasteiger partial charge in [0.1, 0.15) is 5.78 Å². The number of likely N-dealkylation sites (N-methyl/N-ethyl adjacent to an activating group) is 1. The average Bonchev–Trinajstić information content (AvgIpc) is 2.42. The van der Waals surface area contributed by atoms with E-state index in [1.165, 1.54) is 0 Å². The lowest BCUT2D eigenvalue weighted by Gasteiger charge is -2.30. The number of amides is 1. The van der Waals surface area contributed by atoms with Gasteiger partial charge in [0.05, 0.1) is 6.54 Å². The molecule has 0 aromatic heterocycles. The molecule has 1 aliphatic carbocycles. The van der Waals surface area contributed by atoms with Crippen molar-refractivity contribution in [3.8, 4) is 0 Å². The number of halogens is 1. The van der Waals surface area contributed by atoms with Crippen molar-refractivity contribution in [1.29, 1.82) is 0 Å². The Labute approximate surface area is 127 Å². The van der Waals surface area contributed by atoms with Gasteiger partial charge in [-0.05, 0) is 44.2 Å². The second-order valence-electron chi connectivity index (χ2n) is 5.24. The molecule has 0 aliphatic heterocycles. The molecule has 0 heterocycles. The topological polar surface area (TPSA) is 49.4 Å². The van der Waals surface area contributed by atoms with Crippen LogP contribution in [0.5, 0.6) is 0 Å². The van der Waals surface area contributed by atoms with E-state index >= 15 is 0 Å². The third-order valence-corrected chi connectivity index (χ3v) is 4.19. The predicted octanol–water partition coefficient (Wildman–Crippen LogP) is 2.83. The lowest BCUT2D eigenvalue weighted by atomic mass is 9.93. The number of benzene rings is 1. The highest BCUT2D eigenvalue weighted by Crippen LogP contribution is 2.19. The minimum Gasteiger partial charge on any atom is -0.325 e. The van der Waals surface area contributed by atoms with Crippen LogP contribution < -0.4 is 5.32 Å². The van der Waals surface area contributed by atoms with Crippen LogP contribution in [0.25, 0.3) is 0 Å². The zero-order valence-corrected chi connectivity index (χ0v) is 13.1. The molecule has 20 heavy (non-hydrogen) atoms. The van der Waals surface area contributed by atoms with Crippen LogP contribution in [0.1, 0.15) is 25.7 Å². The molecular weight excluding hydrogens is 320 g/mol. The van der Waals surface area contributed by atoms with E-state index in [4.69, 9.17) is 0 Å². The largest absolute Gasteiger partial charge is 0.325 e. The van der Waals surface area contributed by atoms with Gasteiger partial charge >= 0.3 is 0 Å². The Balaban J connectivity index is 1.81. The number of carbonyl (C=O) groups is 2. The third-order valence-electron chi connectivity index (χ3n) is 3.66. The van der Waals surface area contributed by atoms with Crippen LogP contribution in [0.4, 0.5) is 5.69 Å². The number of anilines is 1. The summed E-state index contributed by atoms with van der Waals surface area (Å²) in [6.07, 6.45) is 3.01. The molecule has 1 aliphatic rings. The van der Waals surface area contributed by atoms with E-state index in [1.54, 1.807) is 0 Å². The number of rotatable bonds is 4. The van der Waals surface area contributed by atoms with Crippen LogP contribution in [-0.2, 0) is 9.59 Å². The molecule has 108 valence electrons. The van der Waals surface area contributed by atoms with Crippen molar-refractivity contribution in [2.45, 2.75) is 31.7 Å². The first-order chi connectivity index (χ1) is 9.54. The summed E-state index contributed by atoms with van der Waals surface area (Å²) in [4.78, 5) is 25.2. The number of hydrogen-bond acceptors (Lipinski definition) is 3. The summed E-state index contributed by atoms with van der Waals surface area (Å²) in [5, 5.41) is 2.88. The number of carbonyl (C=O) groups excluding carboxylic acids is 2. The SMILES string of the molecule is CN(CC(=O)Nc1ccc(Br)cc1)C1CCC(=O)CC1. The van der Waals surface area contributed by atoms with Crippen molar-refractivity contribution < 1.29 is 9.59 Å². The molecule has 4 nitrogen and oxygen atoms in total. The second-order valence-corrected chi connectivity index (χ2v) is 6.16. The summed E-state index contributed by atoms with van der Waals surface area (Å²) >= 11 is 3.36. The molecule has 0 unspecified atom stereocenters. The molecule has 1 saturated carbocycles. The number of ketones is 1. The molecule has 1 N–H and O–H groups in total. The second kappa shape index (κ2) is 6.99. The maximum absolute atomic E-state index is 12.0. The van der Waals surface area contributed by atoms with Crippen molar-refractivity contribution in [1.82, 2.24) is 4.90 Å². The average molecular weight is 339 g/mol. The normalized spacial score (nSPS) is 16.4. The highest BCUT2D eigenvalue weighted by molar-refractivity contribution is 9.10. The Morgan fingerprint density at radius 1 is 1.30 bits per heavy atom. The zero-order valence-electron chi connectivity index (χ0n) is 11.6. The minimum atomic E-state index is -0.0216. The van der Waals surface area contributed by atoms with Gasteiger partial charge in [-0.25, -0.2) is 0 Å². The molecule has 1 aromatic rings. The lowest BCUT2D eigenvalue weighted by molar-refractivity contribution is -0.121. The van der Waals surface area contributed by atoms with Gasteiger partial charge in [-0.3, -0.25) is 14.5 Å². The number of Topliss-reactive ketones (excluding diaryl/α,β-unsaturated/α-hetero) is 1. The first kappa shape index (κ1) is 15.2. The number of nitrogens with one attached hydrogen (secondary N) is 1. The Morgan fingerprint density at radius 2 is 1.90 bits per heavy atom. The van der Waals surface area contributed by atoms with Gasteiger partial charge in [0, 0.05) is 29.0 Å². The molecule has 0 saturated heterocycles. The molecule has 0 bridgehead atoms. The smallest absolute Gasteiger partial charge is 0.238 e. The van der Waals surface area contributed by atoms with Crippen LogP contribution in [0.2, 0.25) is 0 Å². The van der Waals surface area contributed by atoms with E-state index in [0.717, 1.165) is 23.0 Å². The lowest BCUT2D eigenvalue weighted by Crippen LogP contribution is -2.40. The molecule has 5 heteroatoms. The van der Waals surface area contributed by atoms with Crippen molar-refractivity contribution in [2.75, 3.05) is 18.9 Å². The predicted molar refractivity (Wildman–Crippen MR) is 82.7 cm³/mol. The van der Waals surface area contributed by atoms with Crippen LogP contribution in [0.15, 0.2) is 28.7 Å². The molecule has 0 atom stereocenters. The van der Waals surface area contributed by atoms with Gasteiger partial charge in [-0.1, -0.05) is 15.9 Å². The van der Waals surface area contributed by atoms with Gasteiger partial charge < -0.3 is 5.32 Å². The minimum absolute atomic E-state index is 0.0216. The summed E-state index contributed by atoms with van der Waals surface area (Å²) in [7, 11) is 1.95. The molecule has 1 fully saturated rings. The fraction of sp³-hybridized carbons (Fsp3) is 0.467. The van der Waals surface area contributed by atoms with E-state index in [-0.39, 0.29) is 5.91 Å². The summed E-state index contributed by atoms with van der Waals surface area (Å²) in [6, 6.07) is 7.85. The van der Waals surface area contributed by atoms with Crippen LogP contribution in [0, 0.1) is 0 Å². The summed E-state index contributed by atoms with van der Waals surface area (Å²) < 4.78 is 0.986. The highest BCUT2D eigenvalue weighted by atomic mass is 79.9. The van der Waals surface area contributed by atoms with Crippen molar-refractivity contribution in [3.63, 3.8) is 0 Å². The summed E-state index contributed by atoms with van der Waals surface area (Å²) in [6.45, 7) is 0.356.